The van der Waals surface area contributed by atoms with E-state index in [1.807, 2.05) is 74.6 Å². The molecule has 0 aliphatic heterocycles. The van der Waals surface area contributed by atoms with Crippen LogP contribution in [-0.4, -0.2) is 66.5 Å². The molecular weight excluding hydrogens is 573 g/mol. The third-order valence-corrected chi connectivity index (χ3v) is 4.76. The second-order valence-electron chi connectivity index (χ2n) is 8.15. The maximum atomic E-state index is 12.4. The molecule has 1 amide bonds. The van der Waals surface area contributed by atoms with Crippen molar-refractivity contribution >= 4 is 12.2 Å². The molecule has 0 saturated heterocycles. The number of amides is 1. The van der Waals surface area contributed by atoms with Crippen molar-refractivity contribution in [1.29, 1.82) is 0 Å². The molecule has 2 aromatic rings. The molecule has 2 rings (SSSR count). The molecule has 44 heavy (non-hydrogen) atoms. The van der Waals surface area contributed by atoms with Crippen molar-refractivity contribution < 1.29 is 37.7 Å². The van der Waals surface area contributed by atoms with Gasteiger partial charge in [-0.05, 0) is 37.6 Å². The van der Waals surface area contributed by atoms with Gasteiger partial charge in [-0.3, -0.25) is 4.79 Å². The van der Waals surface area contributed by atoms with Crippen LogP contribution in [0.4, 0.5) is 13.2 Å². The minimum atomic E-state index is -4.69. The summed E-state index contributed by atoms with van der Waals surface area (Å²) in [6.07, 6.45) is -5.35. The first-order chi connectivity index (χ1) is 20.8. The minimum absolute atomic E-state index is 0.141. The van der Waals surface area contributed by atoms with E-state index in [1.165, 1.54) is 24.1 Å². The number of halogens is 3. The van der Waals surface area contributed by atoms with Crippen molar-refractivity contribution in [2.24, 2.45) is 0 Å². The summed E-state index contributed by atoms with van der Waals surface area (Å²) in [4.78, 5) is 22.5. The maximum absolute atomic E-state index is 12.4. The van der Waals surface area contributed by atoms with Crippen molar-refractivity contribution in [2.45, 2.75) is 86.9 Å². The Morgan fingerprint density at radius 3 is 1.89 bits per heavy atom. The molecule has 252 valence electrons. The fraction of sp³-hybridized carbons (Fsp3) is 0.471. The fourth-order valence-electron chi connectivity index (χ4n) is 2.82. The number of aldehydes is 1. The predicted octanol–water partition coefficient (Wildman–Crippen LogP) is 7.57. The number of nitrogens with one attached hydrogen (secondary N) is 1. The zero-order chi connectivity index (χ0) is 35.3. The fourth-order valence-corrected chi connectivity index (χ4v) is 2.82. The zero-order valence-electron chi connectivity index (χ0n) is 28.2. The highest BCUT2D eigenvalue weighted by Gasteiger charge is 2.32. The average molecular weight is 629 g/mol. The van der Waals surface area contributed by atoms with Gasteiger partial charge in [0.1, 0.15) is 11.9 Å². The van der Waals surface area contributed by atoms with E-state index in [0.29, 0.717) is 24.2 Å². The average Bonchev–Trinajstić information content (AvgIpc) is 3.03. The normalized spacial score (nSPS) is 10.7. The second kappa shape index (κ2) is 29.6. The Morgan fingerprint density at radius 1 is 1.02 bits per heavy atom. The molecule has 0 fully saturated rings. The van der Waals surface area contributed by atoms with Crippen molar-refractivity contribution in [2.75, 3.05) is 20.6 Å². The monoisotopic (exact) mass is 628 g/mol. The number of carbonyl (C=O) groups is 2. The first-order valence-electron chi connectivity index (χ1n) is 14.7. The van der Waals surface area contributed by atoms with Crippen LogP contribution in [0.3, 0.4) is 0 Å². The van der Waals surface area contributed by atoms with Gasteiger partial charge >= 0.3 is 6.36 Å². The van der Waals surface area contributed by atoms with E-state index >= 15 is 0 Å². The molecule has 0 aliphatic rings. The van der Waals surface area contributed by atoms with Crippen LogP contribution in [0.2, 0.25) is 0 Å². The van der Waals surface area contributed by atoms with Crippen molar-refractivity contribution in [3.63, 3.8) is 0 Å². The second-order valence-corrected chi connectivity index (χ2v) is 8.15. The Morgan fingerprint density at radius 2 is 1.50 bits per heavy atom. The van der Waals surface area contributed by atoms with E-state index in [2.05, 4.69) is 23.2 Å². The lowest BCUT2D eigenvalue weighted by molar-refractivity contribution is -0.274. The lowest BCUT2D eigenvalue weighted by Gasteiger charge is -2.20. The number of carbonyl (C=O) groups excluding carboxylic acids is 2. The molecule has 3 N–H and O–H groups in total. The SMILES string of the molecule is C=CC(=C)C.CC.CC.CC.CCCN(C)C(=O)[C@H](O)[C@@H](O)C=O.CNCc1ccc(-c2ccccc2OC(F)(F)F)cc1. The lowest BCUT2D eigenvalue weighted by Crippen LogP contribution is -2.44. The Bertz CT molecular complexity index is 1010. The van der Waals surface area contributed by atoms with Crippen LogP contribution in [0.5, 0.6) is 5.75 Å². The third-order valence-electron chi connectivity index (χ3n) is 4.76. The number of benzene rings is 2. The molecule has 0 heterocycles. The van der Waals surface area contributed by atoms with Gasteiger partial charge in [0.25, 0.3) is 5.91 Å². The number of aliphatic hydroxyl groups is 2. The van der Waals surface area contributed by atoms with E-state index in [1.54, 1.807) is 30.3 Å². The van der Waals surface area contributed by atoms with Crippen molar-refractivity contribution in [3.05, 3.63) is 78.9 Å². The van der Waals surface area contributed by atoms with E-state index in [-0.39, 0.29) is 12.0 Å². The van der Waals surface area contributed by atoms with Crippen LogP contribution in [0.15, 0.2) is 73.3 Å². The third kappa shape index (κ3) is 23.0. The van der Waals surface area contributed by atoms with Crippen LogP contribution in [-0.2, 0) is 16.1 Å². The largest absolute Gasteiger partial charge is 0.573 e. The number of alkyl halides is 3. The number of para-hydroxylation sites is 1. The molecule has 0 aliphatic carbocycles. The van der Waals surface area contributed by atoms with Gasteiger partial charge in [0.2, 0.25) is 0 Å². The van der Waals surface area contributed by atoms with Gasteiger partial charge in [0, 0.05) is 25.7 Å². The smallest absolute Gasteiger partial charge is 0.405 e. The van der Waals surface area contributed by atoms with Crippen LogP contribution in [0.25, 0.3) is 11.1 Å². The topological polar surface area (TPSA) is 99.1 Å². The highest BCUT2D eigenvalue weighted by atomic mass is 19.4. The molecule has 0 unspecified atom stereocenters. The maximum Gasteiger partial charge on any atom is 0.573 e. The van der Waals surface area contributed by atoms with Crippen LogP contribution >= 0.6 is 0 Å². The van der Waals surface area contributed by atoms with E-state index in [4.69, 9.17) is 10.2 Å². The highest BCUT2D eigenvalue weighted by Crippen LogP contribution is 2.33. The van der Waals surface area contributed by atoms with Gasteiger partial charge in [-0.2, -0.15) is 0 Å². The van der Waals surface area contributed by atoms with Gasteiger partial charge < -0.3 is 30.0 Å². The number of hydrogen-bond acceptors (Lipinski definition) is 6. The standard InChI is InChI=1S/C15H14F3NO.C8H15NO4.C5H8.3C2H6/c1-19-10-11-6-8-12(9-7-11)13-4-2-3-5-14(13)20-15(16,17)18;1-3-4-9(2)8(13)7(12)6(11)5-10;1-4-5(2)3;3*1-2/h2-9,19H,10H2,1H3;5-7,11-12H,3-4H2,1-2H3;4H,1-2H2,3H3;3*1-2H3/t;6-,7+;;;;/m.0..../s1. The molecule has 0 radical (unpaired) electrons. The summed E-state index contributed by atoms with van der Waals surface area (Å²) in [7, 11) is 3.34. The van der Waals surface area contributed by atoms with Gasteiger partial charge in [-0.15, -0.1) is 13.2 Å². The summed E-state index contributed by atoms with van der Waals surface area (Å²) in [5, 5.41) is 21.0. The van der Waals surface area contributed by atoms with Gasteiger partial charge in [-0.1, -0.05) is 116 Å². The molecule has 0 bridgehead atoms. The van der Waals surface area contributed by atoms with E-state index < -0.39 is 24.5 Å². The number of hydrogen-bond donors (Lipinski definition) is 3. The summed E-state index contributed by atoms with van der Waals surface area (Å²) >= 11 is 0. The quantitative estimate of drug-likeness (QED) is 0.185. The Labute approximate surface area is 263 Å². The first kappa shape index (κ1) is 47.5. The number of likely N-dealkylation sites (N-methyl/N-ethyl adjacent to an activating group) is 1. The molecule has 7 nitrogen and oxygen atoms in total. The molecule has 10 heteroatoms. The van der Waals surface area contributed by atoms with E-state index in [9.17, 15) is 22.8 Å². The van der Waals surface area contributed by atoms with Gasteiger partial charge in [0.05, 0.1) is 0 Å². The number of rotatable bonds is 10. The number of ether oxygens (including phenoxy) is 1. The lowest BCUT2D eigenvalue weighted by atomic mass is 10.0. The Balaban J connectivity index is -0.000000287. The Kier molecular flexibility index (Phi) is 31.9. The predicted molar refractivity (Wildman–Crippen MR) is 176 cm³/mol. The molecule has 2 aromatic carbocycles. The zero-order valence-corrected chi connectivity index (χ0v) is 28.2. The molecule has 0 spiro atoms. The molecule has 0 aromatic heterocycles. The first-order valence-corrected chi connectivity index (χ1v) is 14.7. The minimum Gasteiger partial charge on any atom is -0.405 e. The van der Waals surface area contributed by atoms with Crippen LogP contribution in [0, 0.1) is 0 Å². The van der Waals surface area contributed by atoms with Crippen molar-refractivity contribution in [3.8, 4) is 16.9 Å². The number of aliphatic hydroxyl groups excluding tert-OH is 2. The van der Waals surface area contributed by atoms with Crippen LogP contribution < -0.4 is 10.1 Å². The highest BCUT2D eigenvalue weighted by molar-refractivity contribution is 5.84. The summed E-state index contributed by atoms with van der Waals surface area (Å²) < 4.78 is 41.2. The summed E-state index contributed by atoms with van der Waals surface area (Å²) in [6, 6.07) is 13.4. The van der Waals surface area contributed by atoms with Gasteiger partial charge in [-0.25, -0.2) is 0 Å². The molecular formula is C34H55F3N2O5. The Hall–Kier alpha value is -3.47. The summed E-state index contributed by atoms with van der Waals surface area (Å²) in [5.74, 6) is -0.831. The molecule has 2 atom stereocenters. The molecule has 0 saturated carbocycles. The van der Waals surface area contributed by atoms with Gasteiger partial charge in [0.15, 0.2) is 12.4 Å². The number of nitrogens with zero attached hydrogens (tertiary/aromatic N) is 1. The number of allylic oxidation sites excluding steroid dienone is 2. The van der Waals surface area contributed by atoms with Crippen LogP contribution in [0.1, 0.15) is 67.4 Å². The summed E-state index contributed by atoms with van der Waals surface area (Å²) in [5.41, 5.74) is 3.18. The van der Waals surface area contributed by atoms with Crippen molar-refractivity contribution in [1.82, 2.24) is 10.2 Å². The van der Waals surface area contributed by atoms with E-state index in [0.717, 1.165) is 17.6 Å². The summed E-state index contributed by atoms with van der Waals surface area (Å²) in [6.45, 7) is 24.0.